The van der Waals surface area contributed by atoms with Gasteiger partial charge in [-0.15, -0.1) is 0 Å². The van der Waals surface area contributed by atoms with Gasteiger partial charge in [0.15, 0.2) is 17.2 Å². The van der Waals surface area contributed by atoms with Crippen molar-refractivity contribution in [2.24, 2.45) is 0 Å². The molecule has 0 radical (unpaired) electrons. The van der Waals surface area contributed by atoms with Crippen LogP contribution in [0.3, 0.4) is 0 Å². The van der Waals surface area contributed by atoms with Crippen molar-refractivity contribution in [1.29, 1.82) is 0 Å². The number of carboxylic acids is 1. The molecule has 0 heterocycles. The monoisotopic (exact) mass is 295 g/mol. The molecular weight excluding hydrogens is 283 g/mol. The lowest BCUT2D eigenvalue weighted by molar-refractivity contribution is -0.142. The molecule has 0 amide bonds. The van der Waals surface area contributed by atoms with Crippen molar-refractivity contribution in [3.8, 4) is 0 Å². The second-order valence-electron chi connectivity index (χ2n) is 4.69. The fourth-order valence-electron chi connectivity index (χ4n) is 1.91. The summed E-state index contributed by atoms with van der Waals surface area (Å²) in [5.41, 5.74) is -1.51. The first-order chi connectivity index (χ1) is 9.83. The van der Waals surface area contributed by atoms with Crippen LogP contribution in [-0.2, 0) is 10.3 Å². The van der Waals surface area contributed by atoms with E-state index < -0.39 is 29.0 Å². The van der Waals surface area contributed by atoms with E-state index in [2.05, 4.69) is 5.32 Å². The predicted molar refractivity (Wildman–Crippen MR) is 71.4 cm³/mol. The van der Waals surface area contributed by atoms with Gasteiger partial charge in [-0.05, 0) is 42.8 Å². The van der Waals surface area contributed by atoms with Gasteiger partial charge in [0, 0.05) is 5.69 Å². The molecule has 2 rings (SSSR count). The number of carbonyl (C=O) groups is 1. The summed E-state index contributed by atoms with van der Waals surface area (Å²) >= 11 is 0. The van der Waals surface area contributed by atoms with Gasteiger partial charge in [-0.1, -0.05) is 12.1 Å². The first-order valence-electron chi connectivity index (χ1n) is 6.05. The highest BCUT2D eigenvalue weighted by atomic mass is 19.2. The Morgan fingerprint density at radius 3 is 2.38 bits per heavy atom. The summed E-state index contributed by atoms with van der Waals surface area (Å²) < 4.78 is 39.5. The number of carboxylic acid groups (broad SMARTS) is 1. The Morgan fingerprint density at radius 2 is 1.81 bits per heavy atom. The molecule has 3 nitrogen and oxygen atoms in total. The summed E-state index contributed by atoms with van der Waals surface area (Å²) in [5.74, 6) is -4.07. The van der Waals surface area contributed by atoms with E-state index in [1.807, 2.05) is 0 Å². The molecule has 0 saturated carbocycles. The summed E-state index contributed by atoms with van der Waals surface area (Å²) in [6.07, 6.45) is 0. The largest absolute Gasteiger partial charge is 0.479 e. The molecule has 1 unspecified atom stereocenters. The summed E-state index contributed by atoms with van der Waals surface area (Å²) in [4.78, 5) is 11.5. The van der Waals surface area contributed by atoms with Gasteiger partial charge in [-0.3, -0.25) is 0 Å². The van der Waals surface area contributed by atoms with Crippen LogP contribution in [0.25, 0.3) is 0 Å². The number of halogens is 3. The lowest BCUT2D eigenvalue weighted by atomic mass is 9.91. The van der Waals surface area contributed by atoms with E-state index in [0.29, 0.717) is 0 Å². The molecule has 0 fully saturated rings. The van der Waals surface area contributed by atoms with Crippen LogP contribution in [0.5, 0.6) is 0 Å². The van der Waals surface area contributed by atoms with Gasteiger partial charge >= 0.3 is 5.97 Å². The average molecular weight is 295 g/mol. The fraction of sp³-hybridized carbons (Fsp3) is 0.133. The van der Waals surface area contributed by atoms with Crippen molar-refractivity contribution < 1.29 is 23.1 Å². The second-order valence-corrected chi connectivity index (χ2v) is 4.69. The van der Waals surface area contributed by atoms with Gasteiger partial charge < -0.3 is 10.4 Å². The maximum Gasteiger partial charge on any atom is 0.333 e. The third-order valence-corrected chi connectivity index (χ3v) is 3.14. The Balaban J connectivity index is 2.45. The van der Waals surface area contributed by atoms with Crippen molar-refractivity contribution in [3.05, 3.63) is 65.5 Å². The highest BCUT2D eigenvalue weighted by Crippen LogP contribution is 2.28. The SMILES string of the molecule is CC(Nc1cccc(F)c1)(C(=O)O)c1ccc(F)c(F)c1. The molecule has 6 heteroatoms. The Hall–Kier alpha value is -2.50. The van der Waals surface area contributed by atoms with Crippen LogP contribution in [0.4, 0.5) is 18.9 Å². The lowest BCUT2D eigenvalue weighted by Crippen LogP contribution is -2.40. The zero-order valence-corrected chi connectivity index (χ0v) is 11.0. The number of hydrogen-bond acceptors (Lipinski definition) is 2. The standard InChI is InChI=1S/C15H12F3NO2/c1-15(14(20)21,9-5-6-12(17)13(18)7-9)19-11-4-2-3-10(16)8-11/h2-8,19H,1H3,(H,20,21). The minimum atomic E-state index is -1.73. The minimum absolute atomic E-state index is 0.0122. The summed E-state index contributed by atoms with van der Waals surface area (Å²) in [6.45, 7) is 1.28. The maximum atomic E-state index is 13.3. The van der Waals surface area contributed by atoms with Crippen LogP contribution < -0.4 is 5.32 Å². The molecule has 21 heavy (non-hydrogen) atoms. The first kappa shape index (κ1) is 14.9. The third kappa shape index (κ3) is 2.99. The van der Waals surface area contributed by atoms with Gasteiger partial charge in [-0.2, -0.15) is 0 Å². The van der Waals surface area contributed by atoms with Gasteiger partial charge in [0.1, 0.15) is 5.82 Å². The van der Waals surface area contributed by atoms with E-state index >= 15 is 0 Å². The molecule has 0 aliphatic carbocycles. The molecule has 2 N–H and O–H groups in total. The highest BCUT2D eigenvalue weighted by Gasteiger charge is 2.36. The molecule has 110 valence electrons. The number of aliphatic carboxylic acids is 1. The van der Waals surface area contributed by atoms with Crippen LogP contribution in [0.15, 0.2) is 42.5 Å². The molecule has 1 atom stereocenters. The van der Waals surface area contributed by atoms with Crippen LogP contribution in [0.1, 0.15) is 12.5 Å². The molecule has 0 aliphatic heterocycles. The van der Waals surface area contributed by atoms with Crippen LogP contribution >= 0.6 is 0 Å². The molecular formula is C15H12F3NO2. The number of hydrogen-bond donors (Lipinski definition) is 2. The summed E-state index contributed by atoms with van der Waals surface area (Å²) in [7, 11) is 0. The predicted octanol–water partition coefficient (Wildman–Crippen LogP) is 3.52. The number of rotatable bonds is 4. The van der Waals surface area contributed by atoms with Crippen molar-refractivity contribution in [2.75, 3.05) is 5.32 Å². The van der Waals surface area contributed by atoms with Gasteiger partial charge in [0.25, 0.3) is 0 Å². The molecule has 2 aromatic rings. The molecule has 2 aromatic carbocycles. The van der Waals surface area contributed by atoms with E-state index in [1.165, 1.54) is 31.2 Å². The maximum absolute atomic E-state index is 13.3. The zero-order valence-electron chi connectivity index (χ0n) is 11.0. The normalized spacial score (nSPS) is 13.5. The zero-order chi connectivity index (χ0) is 15.6. The van der Waals surface area contributed by atoms with E-state index in [1.54, 1.807) is 0 Å². The number of benzene rings is 2. The van der Waals surface area contributed by atoms with E-state index in [0.717, 1.165) is 18.2 Å². The quantitative estimate of drug-likeness (QED) is 0.907. The molecule has 0 aromatic heterocycles. The average Bonchev–Trinajstić information content (AvgIpc) is 2.41. The van der Waals surface area contributed by atoms with Crippen LogP contribution in [0.2, 0.25) is 0 Å². The molecule has 0 saturated heterocycles. The van der Waals surface area contributed by atoms with Gasteiger partial charge in [0.05, 0.1) is 0 Å². The number of nitrogens with one attached hydrogen (secondary N) is 1. The topological polar surface area (TPSA) is 49.3 Å². The second kappa shape index (κ2) is 5.47. The third-order valence-electron chi connectivity index (χ3n) is 3.14. The van der Waals surface area contributed by atoms with Gasteiger partial charge in [0.2, 0.25) is 0 Å². The molecule has 0 spiro atoms. The van der Waals surface area contributed by atoms with E-state index in [4.69, 9.17) is 0 Å². The Morgan fingerprint density at radius 1 is 1.10 bits per heavy atom. The van der Waals surface area contributed by atoms with Crippen molar-refractivity contribution in [2.45, 2.75) is 12.5 Å². The Labute approximate surface area is 119 Å². The van der Waals surface area contributed by atoms with E-state index in [-0.39, 0.29) is 11.3 Å². The Kier molecular flexibility index (Phi) is 3.88. The first-order valence-corrected chi connectivity index (χ1v) is 6.05. The highest BCUT2D eigenvalue weighted by molar-refractivity contribution is 5.84. The number of anilines is 1. The van der Waals surface area contributed by atoms with Crippen LogP contribution in [0, 0.1) is 17.5 Å². The van der Waals surface area contributed by atoms with Crippen molar-refractivity contribution in [3.63, 3.8) is 0 Å². The summed E-state index contributed by atoms with van der Waals surface area (Å²) in [5, 5.41) is 12.0. The van der Waals surface area contributed by atoms with Gasteiger partial charge in [-0.25, -0.2) is 18.0 Å². The summed E-state index contributed by atoms with van der Waals surface area (Å²) in [6, 6.07) is 8.02. The Bertz CT molecular complexity index is 690. The fourth-order valence-corrected chi connectivity index (χ4v) is 1.91. The van der Waals surface area contributed by atoms with E-state index in [9.17, 15) is 23.1 Å². The van der Waals surface area contributed by atoms with Crippen molar-refractivity contribution in [1.82, 2.24) is 0 Å². The molecule has 0 bridgehead atoms. The lowest BCUT2D eigenvalue weighted by Gasteiger charge is -2.28. The van der Waals surface area contributed by atoms with Crippen LogP contribution in [-0.4, -0.2) is 11.1 Å². The minimum Gasteiger partial charge on any atom is -0.479 e. The van der Waals surface area contributed by atoms with Crippen molar-refractivity contribution >= 4 is 11.7 Å². The molecule has 0 aliphatic rings. The smallest absolute Gasteiger partial charge is 0.333 e.